The highest BCUT2D eigenvalue weighted by molar-refractivity contribution is 7.47. The Labute approximate surface area is 213 Å². The molecule has 0 amide bonds. The van der Waals surface area contributed by atoms with Gasteiger partial charge < -0.3 is 19.2 Å². The fraction of sp³-hybridized carbons (Fsp3) is 0.808. The molecule has 0 aromatic carbocycles. The first-order valence-electron chi connectivity index (χ1n) is 13.1. The zero-order chi connectivity index (χ0) is 26.4. The van der Waals surface area contributed by atoms with Gasteiger partial charge >= 0.3 is 13.8 Å². The summed E-state index contributed by atoms with van der Waals surface area (Å²) in [5.41, 5.74) is 0. The molecule has 0 saturated carbocycles. The van der Waals surface area contributed by atoms with Gasteiger partial charge in [-0.3, -0.25) is 13.8 Å². The summed E-state index contributed by atoms with van der Waals surface area (Å²) in [5, 5.41) is 9.81. The van der Waals surface area contributed by atoms with Gasteiger partial charge in [0.15, 0.2) is 0 Å². The van der Waals surface area contributed by atoms with Crippen molar-refractivity contribution in [3.63, 3.8) is 0 Å². The van der Waals surface area contributed by atoms with Gasteiger partial charge in [-0.2, -0.15) is 0 Å². The molecule has 0 aromatic heterocycles. The molecule has 35 heavy (non-hydrogen) atoms. The van der Waals surface area contributed by atoms with E-state index in [2.05, 4.69) is 31.2 Å². The van der Waals surface area contributed by atoms with Crippen molar-refractivity contribution in [3.8, 4) is 0 Å². The van der Waals surface area contributed by atoms with E-state index in [1.54, 1.807) is 0 Å². The first-order chi connectivity index (χ1) is 16.6. The van der Waals surface area contributed by atoms with Crippen molar-refractivity contribution in [1.82, 2.24) is 0 Å². The minimum Gasteiger partial charge on any atom is -0.463 e. The van der Waals surface area contributed by atoms with Crippen LogP contribution in [-0.4, -0.2) is 74.1 Å². The average Bonchev–Trinajstić information content (AvgIpc) is 2.78. The van der Waals surface area contributed by atoms with Gasteiger partial charge in [0.05, 0.1) is 27.7 Å². The quantitative estimate of drug-likeness (QED) is 0.0599. The van der Waals surface area contributed by atoms with E-state index in [1.807, 2.05) is 21.1 Å². The van der Waals surface area contributed by atoms with Gasteiger partial charge in [0.1, 0.15) is 25.9 Å². The molecule has 0 heterocycles. The monoisotopic (exact) mass is 520 g/mol. The Kier molecular flexibility index (Phi) is 20.5. The summed E-state index contributed by atoms with van der Waals surface area (Å²) >= 11 is 0. The van der Waals surface area contributed by atoms with Crippen LogP contribution in [0.4, 0.5) is 0 Å². The Balaban J connectivity index is 3.68. The van der Waals surface area contributed by atoms with Gasteiger partial charge in [0.2, 0.25) is 0 Å². The van der Waals surface area contributed by atoms with Crippen molar-refractivity contribution in [2.45, 2.75) is 90.1 Å². The molecule has 0 saturated heterocycles. The van der Waals surface area contributed by atoms with Gasteiger partial charge in [0.25, 0.3) is 0 Å². The number of ether oxygens (including phenoxy) is 1. The predicted octanol–water partition coefficient (Wildman–Crippen LogP) is 5.54. The maximum Gasteiger partial charge on any atom is 0.472 e. The lowest BCUT2D eigenvalue weighted by Crippen LogP contribution is -2.37. The number of hydrogen-bond donors (Lipinski definition) is 2. The van der Waals surface area contributed by atoms with Crippen molar-refractivity contribution in [2.75, 3.05) is 47.5 Å². The molecule has 0 bridgehead atoms. The number of aliphatic hydroxyl groups is 1. The number of likely N-dealkylation sites (N-methyl/N-ethyl adjacent to an activating group) is 1. The van der Waals surface area contributed by atoms with E-state index in [1.165, 1.54) is 38.5 Å². The highest BCUT2D eigenvalue weighted by Crippen LogP contribution is 2.43. The van der Waals surface area contributed by atoms with Crippen LogP contribution in [0.2, 0.25) is 0 Å². The summed E-state index contributed by atoms with van der Waals surface area (Å²) in [7, 11) is 1.54. The fourth-order valence-electron chi connectivity index (χ4n) is 3.04. The number of unbranched alkanes of at least 4 members (excludes halogenated alkanes) is 8. The van der Waals surface area contributed by atoms with Crippen molar-refractivity contribution in [1.29, 1.82) is 0 Å². The molecule has 0 fully saturated rings. The molecule has 0 aliphatic heterocycles. The summed E-state index contributed by atoms with van der Waals surface area (Å²) in [6.45, 7) is 2.07. The number of esters is 1. The number of nitrogens with zero attached hydrogens (tertiary/aromatic N) is 1. The number of quaternary nitrogens is 1. The molecule has 2 N–H and O–H groups in total. The Morgan fingerprint density at radius 3 is 2.11 bits per heavy atom. The topological polar surface area (TPSA) is 102 Å². The Hall–Kier alpha value is -1.02. The van der Waals surface area contributed by atoms with E-state index in [0.29, 0.717) is 17.4 Å². The number of rotatable bonds is 23. The van der Waals surface area contributed by atoms with Gasteiger partial charge in [-0.25, -0.2) is 4.57 Å². The normalized spacial score (nSPS) is 15.0. The zero-order valence-electron chi connectivity index (χ0n) is 22.5. The standard InChI is InChI=1S/C26H50NO7P/c1-5-6-7-8-9-10-11-12-13-14-15-16-17-18-19-20-26(29)32-23-25(28)24-34-35(30,31)33-22-21-27(2,3)4/h12-13,15-16,25,28H,5-11,14,17-24H2,1-4H3/p+1/b13-12+,16-15+/t25-/m1/s1. The number of carbonyl (C=O) groups excluding carboxylic acids is 1. The second-order valence-electron chi connectivity index (χ2n) is 9.93. The number of phosphoric ester groups is 1. The minimum absolute atomic E-state index is 0.0491. The van der Waals surface area contributed by atoms with Crippen molar-refractivity contribution in [2.24, 2.45) is 0 Å². The Bertz CT molecular complexity index is 632. The smallest absolute Gasteiger partial charge is 0.463 e. The van der Waals surface area contributed by atoms with Crippen molar-refractivity contribution in [3.05, 3.63) is 24.3 Å². The van der Waals surface area contributed by atoms with Crippen LogP contribution in [0.5, 0.6) is 0 Å². The van der Waals surface area contributed by atoms with Gasteiger partial charge in [0, 0.05) is 6.42 Å². The van der Waals surface area contributed by atoms with Crippen LogP contribution in [0.3, 0.4) is 0 Å². The van der Waals surface area contributed by atoms with Gasteiger partial charge in [-0.1, -0.05) is 63.3 Å². The van der Waals surface area contributed by atoms with Crippen LogP contribution in [0.15, 0.2) is 24.3 Å². The minimum atomic E-state index is -4.25. The molecule has 9 heteroatoms. The largest absolute Gasteiger partial charge is 0.472 e. The third-order valence-electron chi connectivity index (χ3n) is 5.21. The lowest BCUT2D eigenvalue weighted by Gasteiger charge is -2.24. The Morgan fingerprint density at radius 1 is 0.886 bits per heavy atom. The van der Waals surface area contributed by atoms with E-state index in [4.69, 9.17) is 13.8 Å². The summed E-state index contributed by atoms with van der Waals surface area (Å²) in [6, 6.07) is 0. The number of phosphoric acid groups is 1. The highest BCUT2D eigenvalue weighted by Gasteiger charge is 2.24. The summed E-state index contributed by atoms with van der Waals surface area (Å²) < 4.78 is 27.0. The summed E-state index contributed by atoms with van der Waals surface area (Å²) in [6.07, 6.45) is 20.4. The van der Waals surface area contributed by atoms with Crippen LogP contribution in [-0.2, 0) is 23.1 Å². The zero-order valence-corrected chi connectivity index (χ0v) is 23.4. The highest BCUT2D eigenvalue weighted by atomic mass is 31.2. The van der Waals surface area contributed by atoms with Crippen LogP contribution in [0.1, 0.15) is 84.0 Å². The second-order valence-corrected chi connectivity index (χ2v) is 11.4. The number of carbonyl (C=O) groups is 1. The third-order valence-corrected chi connectivity index (χ3v) is 6.20. The fourth-order valence-corrected chi connectivity index (χ4v) is 3.79. The van der Waals surface area contributed by atoms with E-state index < -0.39 is 26.5 Å². The lowest BCUT2D eigenvalue weighted by atomic mass is 10.1. The molecular weight excluding hydrogens is 469 g/mol. The Morgan fingerprint density at radius 2 is 1.49 bits per heavy atom. The van der Waals surface area contributed by atoms with Crippen molar-refractivity contribution < 1.29 is 37.6 Å². The van der Waals surface area contributed by atoms with E-state index in [-0.39, 0.29) is 19.6 Å². The van der Waals surface area contributed by atoms with E-state index in [9.17, 15) is 19.4 Å². The first-order valence-corrected chi connectivity index (χ1v) is 14.6. The first kappa shape index (κ1) is 34.0. The molecule has 206 valence electrons. The van der Waals surface area contributed by atoms with Crippen LogP contribution >= 0.6 is 7.82 Å². The lowest BCUT2D eigenvalue weighted by molar-refractivity contribution is -0.870. The number of allylic oxidation sites excluding steroid dienone is 4. The summed E-state index contributed by atoms with van der Waals surface area (Å²) in [4.78, 5) is 21.4. The molecule has 0 aliphatic carbocycles. The molecule has 0 aliphatic rings. The van der Waals surface area contributed by atoms with Crippen LogP contribution in [0.25, 0.3) is 0 Å². The van der Waals surface area contributed by atoms with Gasteiger partial charge in [-0.05, 0) is 38.5 Å². The maximum absolute atomic E-state index is 11.8. The predicted molar refractivity (Wildman–Crippen MR) is 141 cm³/mol. The maximum atomic E-state index is 11.8. The molecule has 0 rings (SSSR count). The molecule has 1 unspecified atom stereocenters. The molecular formula is C26H51NO7P+. The summed E-state index contributed by atoms with van der Waals surface area (Å²) in [5.74, 6) is -0.406. The SMILES string of the molecule is CCCCCCCC/C=C/C/C=C/CCCCC(=O)OC[C@@H](O)COP(=O)(O)OCC[N+](C)(C)C. The molecule has 0 spiro atoms. The van der Waals surface area contributed by atoms with Crippen LogP contribution < -0.4 is 0 Å². The number of aliphatic hydroxyl groups excluding tert-OH is 1. The molecule has 0 aromatic rings. The molecule has 0 radical (unpaired) electrons. The van der Waals surface area contributed by atoms with E-state index in [0.717, 1.165) is 25.7 Å². The number of hydrogen-bond acceptors (Lipinski definition) is 6. The van der Waals surface area contributed by atoms with Gasteiger partial charge in [-0.15, -0.1) is 0 Å². The van der Waals surface area contributed by atoms with Crippen LogP contribution in [0, 0.1) is 0 Å². The second kappa shape index (κ2) is 21.1. The molecule has 8 nitrogen and oxygen atoms in total. The molecule has 2 atom stereocenters. The average molecular weight is 521 g/mol. The third kappa shape index (κ3) is 25.9. The van der Waals surface area contributed by atoms with Crippen molar-refractivity contribution >= 4 is 13.8 Å². The van der Waals surface area contributed by atoms with E-state index >= 15 is 0 Å².